The van der Waals surface area contributed by atoms with Crippen LogP contribution < -0.4 is 14.9 Å². The van der Waals surface area contributed by atoms with E-state index in [0.717, 1.165) is 4.90 Å². The molecule has 6 heteroatoms. The van der Waals surface area contributed by atoms with E-state index in [2.05, 4.69) is 0 Å². The Kier molecular flexibility index (Phi) is 4.50. The third-order valence-corrected chi connectivity index (χ3v) is 4.34. The van der Waals surface area contributed by atoms with Crippen LogP contribution in [0.25, 0.3) is 11.0 Å². The Morgan fingerprint density at radius 2 is 1.91 bits per heavy atom. The van der Waals surface area contributed by atoms with Gasteiger partial charge >= 0.3 is 0 Å². The highest BCUT2D eigenvalue weighted by Gasteiger charge is 2.13. The van der Waals surface area contributed by atoms with Crippen LogP contribution in [0.1, 0.15) is 0 Å². The van der Waals surface area contributed by atoms with Crippen LogP contribution in [-0.4, -0.2) is 14.2 Å². The second kappa shape index (κ2) is 6.56. The first kappa shape index (κ1) is 15.8. The van der Waals surface area contributed by atoms with E-state index in [1.165, 1.54) is 24.9 Å². The SMILES string of the molecule is COc1cc(OC)c2c(=O)cc(Sc3cccc(Cl)c3)oc2c1. The zero-order valence-electron chi connectivity index (χ0n) is 12.5. The molecule has 1 heterocycles. The van der Waals surface area contributed by atoms with E-state index < -0.39 is 0 Å². The van der Waals surface area contributed by atoms with Gasteiger partial charge in [-0.2, -0.15) is 0 Å². The molecule has 0 fully saturated rings. The van der Waals surface area contributed by atoms with Crippen LogP contribution >= 0.6 is 23.4 Å². The van der Waals surface area contributed by atoms with Gasteiger partial charge in [0.05, 0.1) is 14.2 Å². The maximum absolute atomic E-state index is 12.4. The molecule has 23 heavy (non-hydrogen) atoms. The van der Waals surface area contributed by atoms with E-state index >= 15 is 0 Å². The van der Waals surface area contributed by atoms with Crippen molar-refractivity contribution in [3.05, 3.63) is 57.7 Å². The van der Waals surface area contributed by atoms with Gasteiger partial charge < -0.3 is 13.9 Å². The number of benzene rings is 2. The summed E-state index contributed by atoms with van der Waals surface area (Å²) >= 11 is 7.30. The molecule has 3 aromatic rings. The molecule has 3 rings (SSSR count). The van der Waals surface area contributed by atoms with Crippen molar-refractivity contribution in [2.45, 2.75) is 9.99 Å². The van der Waals surface area contributed by atoms with Gasteiger partial charge in [0.2, 0.25) is 0 Å². The first-order valence-corrected chi connectivity index (χ1v) is 7.93. The average Bonchev–Trinajstić information content (AvgIpc) is 2.53. The lowest BCUT2D eigenvalue weighted by molar-refractivity contribution is 0.394. The molecule has 0 atom stereocenters. The van der Waals surface area contributed by atoms with Crippen LogP contribution in [0.4, 0.5) is 0 Å². The number of rotatable bonds is 4. The Bertz CT molecular complexity index is 920. The van der Waals surface area contributed by atoms with Crippen molar-refractivity contribution in [1.82, 2.24) is 0 Å². The molecular weight excluding hydrogens is 336 g/mol. The number of halogens is 1. The van der Waals surface area contributed by atoms with Crippen molar-refractivity contribution in [3.8, 4) is 11.5 Å². The summed E-state index contributed by atoms with van der Waals surface area (Å²) in [6.45, 7) is 0. The number of fused-ring (bicyclic) bond motifs is 1. The van der Waals surface area contributed by atoms with E-state index in [9.17, 15) is 4.79 Å². The lowest BCUT2D eigenvalue weighted by Gasteiger charge is -2.09. The first-order valence-electron chi connectivity index (χ1n) is 6.74. The molecule has 4 nitrogen and oxygen atoms in total. The molecule has 0 amide bonds. The van der Waals surface area contributed by atoms with Gasteiger partial charge in [-0.15, -0.1) is 0 Å². The first-order chi connectivity index (χ1) is 11.1. The fraction of sp³-hybridized carbons (Fsp3) is 0.118. The molecule has 0 saturated heterocycles. The van der Waals surface area contributed by atoms with Crippen molar-refractivity contribution >= 4 is 34.3 Å². The van der Waals surface area contributed by atoms with Gasteiger partial charge in [-0.05, 0) is 18.2 Å². The number of hydrogen-bond acceptors (Lipinski definition) is 5. The molecule has 0 aliphatic carbocycles. The van der Waals surface area contributed by atoms with Gasteiger partial charge in [-0.1, -0.05) is 29.4 Å². The lowest BCUT2D eigenvalue weighted by Crippen LogP contribution is -2.03. The number of hydrogen-bond donors (Lipinski definition) is 0. The standard InChI is InChI=1S/C17H13ClO4S/c1-20-11-7-14(21-2)17-13(19)9-16(22-15(17)8-11)23-12-5-3-4-10(18)6-12/h3-9H,1-2H3. The van der Waals surface area contributed by atoms with Crippen LogP contribution in [0.5, 0.6) is 11.5 Å². The van der Waals surface area contributed by atoms with Crippen molar-refractivity contribution in [2.75, 3.05) is 14.2 Å². The zero-order chi connectivity index (χ0) is 16.4. The normalized spacial score (nSPS) is 10.7. The molecule has 118 valence electrons. The number of methoxy groups -OCH3 is 2. The van der Waals surface area contributed by atoms with Gasteiger partial charge in [0.25, 0.3) is 0 Å². The molecule has 0 N–H and O–H groups in total. The summed E-state index contributed by atoms with van der Waals surface area (Å²) < 4.78 is 16.3. The molecule has 2 aromatic carbocycles. The van der Waals surface area contributed by atoms with Crippen molar-refractivity contribution in [3.63, 3.8) is 0 Å². The Morgan fingerprint density at radius 1 is 1.09 bits per heavy atom. The highest BCUT2D eigenvalue weighted by Crippen LogP contribution is 2.34. The smallest absolute Gasteiger partial charge is 0.197 e. The molecular formula is C17H13ClO4S. The van der Waals surface area contributed by atoms with Crippen LogP contribution in [0.3, 0.4) is 0 Å². The summed E-state index contributed by atoms with van der Waals surface area (Å²) in [6, 6.07) is 12.1. The van der Waals surface area contributed by atoms with E-state index in [1.807, 2.05) is 18.2 Å². The predicted octanol–water partition coefficient (Wildman–Crippen LogP) is 4.61. The Morgan fingerprint density at radius 3 is 2.61 bits per heavy atom. The van der Waals surface area contributed by atoms with Crippen LogP contribution in [0.2, 0.25) is 5.02 Å². The van der Waals surface area contributed by atoms with E-state index in [1.54, 1.807) is 25.3 Å². The number of ether oxygens (including phenoxy) is 2. The van der Waals surface area contributed by atoms with Crippen molar-refractivity contribution in [1.29, 1.82) is 0 Å². The molecule has 0 unspecified atom stereocenters. The largest absolute Gasteiger partial charge is 0.496 e. The minimum atomic E-state index is -0.171. The molecule has 1 aromatic heterocycles. The quantitative estimate of drug-likeness (QED) is 0.688. The Hall–Kier alpha value is -2.11. The second-order valence-electron chi connectivity index (χ2n) is 4.69. The van der Waals surface area contributed by atoms with Crippen LogP contribution in [-0.2, 0) is 0 Å². The highest BCUT2D eigenvalue weighted by molar-refractivity contribution is 7.99. The maximum Gasteiger partial charge on any atom is 0.197 e. The van der Waals surface area contributed by atoms with Gasteiger partial charge in [0, 0.05) is 28.1 Å². The molecule has 0 spiro atoms. The summed E-state index contributed by atoms with van der Waals surface area (Å²) in [5, 5.41) is 1.49. The fourth-order valence-corrected chi connectivity index (χ4v) is 3.30. The van der Waals surface area contributed by atoms with Gasteiger partial charge in [0.15, 0.2) is 10.5 Å². The summed E-state index contributed by atoms with van der Waals surface area (Å²) in [6.07, 6.45) is 0. The summed E-state index contributed by atoms with van der Waals surface area (Å²) in [4.78, 5) is 13.3. The monoisotopic (exact) mass is 348 g/mol. The molecule has 0 radical (unpaired) electrons. The topological polar surface area (TPSA) is 48.7 Å². The highest BCUT2D eigenvalue weighted by atomic mass is 35.5. The van der Waals surface area contributed by atoms with Gasteiger partial charge in [0.1, 0.15) is 22.5 Å². The third kappa shape index (κ3) is 3.30. The summed E-state index contributed by atoms with van der Waals surface area (Å²) in [7, 11) is 3.05. The van der Waals surface area contributed by atoms with Gasteiger partial charge in [-0.3, -0.25) is 4.79 Å². The lowest BCUT2D eigenvalue weighted by atomic mass is 10.2. The zero-order valence-corrected chi connectivity index (χ0v) is 14.0. The molecule has 0 bridgehead atoms. The molecule has 0 aliphatic heterocycles. The Balaban J connectivity index is 2.11. The van der Waals surface area contributed by atoms with E-state index in [-0.39, 0.29) is 5.43 Å². The van der Waals surface area contributed by atoms with Crippen LogP contribution in [0.15, 0.2) is 61.7 Å². The summed E-state index contributed by atoms with van der Waals surface area (Å²) in [5.74, 6) is 0.981. The van der Waals surface area contributed by atoms with Crippen LogP contribution in [0, 0.1) is 0 Å². The summed E-state index contributed by atoms with van der Waals surface area (Å²) in [5.41, 5.74) is 0.244. The van der Waals surface area contributed by atoms with Crippen molar-refractivity contribution < 1.29 is 13.9 Å². The van der Waals surface area contributed by atoms with Crippen molar-refractivity contribution in [2.24, 2.45) is 0 Å². The third-order valence-electron chi connectivity index (χ3n) is 3.22. The minimum Gasteiger partial charge on any atom is -0.496 e. The maximum atomic E-state index is 12.4. The second-order valence-corrected chi connectivity index (χ2v) is 6.21. The fourth-order valence-electron chi connectivity index (χ4n) is 2.18. The minimum absolute atomic E-state index is 0.171. The molecule has 0 aliphatic rings. The average molecular weight is 349 g/mol. The van der Waals surface area contributed by atoms with Gasteiger partial charge in [-0.25, -0.2) is 0 Å². The predicted molar refractivity (Wildman–Crippen MR) is 91.2 cm³/mol. The van der Waals surface area contributed by atoms with E-state index in [4.69, 9.17) is 25.5 Å². The Labute approximate surface area is 142 Å². The molecule has 0 saturated carbocycles. The van der Waals surface area contributed by atoms with E-state index in [0.29, 0.717) is 32.6 Å².